The molecule has 0 aliphatic carbocycles. The normalized spacial score (nSPS) is 10.2. The summed E-state index contributed by atoms with van der Waals surface area (Å²) < 4.78 is 5.15. The standard InChI is InChI=1S/C17H15N3O2/c1-22-15-8-2-12(3-9-15)16-10-11-18-17(20-16)19-13-4-6-14(21)7-5-13/h2-11,21H,1H3,(H,18,19,20). The Bertz CT molecular complexity index is 756. The van der Waals surface area contributed by atoms with Gasteiger partial charge in [-0.2, -0.15) is 0 Å². The van der Waals surface area contributed by atoms with Crippen LogP contribution in [0.1, 0.15) is 0 Å². The molecule has 110 valence electrons. The van der Waals surface area contributed by atoms with Gasteiger partial charge < -0.3 is 15.2 Å². The average Bonchev–Trinajstić information content (AvgIpc) is 2.57. The first kappa shape index (κ1) is 13.9. The molecule has 5 heteroatoms. The summed E-state index contributed by atoms with van der Waals surface area (Å²) in [6.07, 6.45) is 1.70. The number of hydrogen-bond donors (Lipinski definition) is 2. The molecule has 5 nitrogen and oxygen atoms in total. The van der Waals surface area contributed by atoms with Crippen LogP contribution in [0.15, 0.2) is 60.8 Å². The molecule has 0 spiro atoms. The lowest BCUT2D eigenvalue weighted by atomic mass is 10.1. The maximum absolute atomic E-state index is 9.29. The monoisotopic (exact) mass is 293 g/mol. The highest BCUT2D eigenvalue weighted by atomic mass is 16.5. The van der Waals surface area contributed by atoms with Gasteiger partial charge in [0.25, 0.3) is 0 Å². The summed E-state index contributed by atoms with van der Waals surface area (Å²) in [6, 6.07) is 16.3. The summed E-state index contributed by atoms with van der Waals surface area (Å²) >= 11 is 0. The Balaban J connectivity index is 1.83. The third-order valence-electron chi connectivity index (χ3n) is 3.16. The van der Waals surface area contributed by atoms with E-state index < -0.39 is 0 Å². The van der Waals surface area contributed by atoms with Gasteiger partial charge in [-0.1, -0.05) is 0 Å². The number of benzene rings is 2. The Morgan fingerprint density at radius 1 is 0.955 bits per heavy atom. The van der Waals surface area contributed by atoms with Gasteiger partial charge in [-0.05, 0) is 54.6 Å². The zero-order valence-electron chi connectivity index (χ0n) is 12.0. The predicted molar refractivity (Wildman–Crippen MR) is 85.4 cm³/mol. The molecule has 0 bridgehead atoms. The Hall–Kier alpha value is -3.08. The van der Waals surface area contributed by atoms with Crippen molar-refractivity contribution in [3.05, 3.63) is 60.8 Å². The number of aromatic nitrogens is 2. The highest BCUT2D eigenvalue weighted by Crippen LogP contribution is 2.22. The topological polar surface area (TPSA) is 67.3 Å². The maximum Gasteiger partial charge on any atom is 0.227 e. The average molecular weight is 293 g/mol. The third-order valence-corrected chi connectivity index (χ3v) is 3.16. The van der Waals surface area contributed by atoms with Crippen molar-refractivity contribution >= 4 is 11.6 Å². The Morgan fingerprint density at radius 3 is 2.36 bits per heavy atom. The lowest BCUT2D eigenvalue weighted by Gasteiger charge is -2.07. The van der Waals surface area contributed by atoms with Crippen molar-refractivity contribution in [3.8, 4) is 22.8 Å². The number of phenols is 1. The SMILES string of the molecule is COc1ccc(-c2ccnc(Nc3ccc(O)cc3)n2)cc1. The molecule has 0 unspecified atom stereocenters. The summed E-state index contributed by atoms with van der Waals surface area (Å²) in [5, 5.41) is 12.4. The van der Waals surface area contributed by atoms with Crippen LogP contribution < -0.4 is 10.1 Å². The van der Waals surface area contributed by atoms with E-state index in [0.717, 1.165) is 22.7 Å². The van der Waals surface area contributed by atoms with Crippen molar-refractivity contribution in [1.29, 1.82) is 0 Å². The summed E-state index contributed by atoms with van der Waals surface area (Å²) in [6.45, 7) is 0. The van der Waals surface area contributed by atoms with Crippen LogP contribution in [0.25, 0.3) is 11.3 Å². The van der Waals surface area contributed by atoms with Gasteiger partial charge in [0.1, 0.15) is 11.5 Å². The van der Waals surface area contributed by atoms with Gasteiger partial charge in [-0.15, -0.1) is 0 Å². The Morgan fingerprint density at radius 2 is 1.68 bits per heavy atom. The number of ether oxygens (including phenoxy) is 1. The number of hydrogen-bond acceptors (Lipinski definition) is 5. The highest BCUT2D eigenvalue weighted by Gasteiger charge is 2.03. The van der Waals surface area contributed by atoms with Crippen molar-refractivity contribution < 1.29 is 9.84 Å². The number of phenolic OH excluding ortho intramolecular Hbond substituents is 1. The molecule has 0 amide bonds. The smallest absolute Gasteiger partial charge is 0.227 e. The molecule has 2 aromatic carbocycles. The molecular formula is C17H15N3O2. The van der Waals surface area contributed by atoms with Gasteiger partial charge in [0.15, 0.2) is 0 Å². The number of methoxy groups -OCH3 is 1. The molecule has 1 heterocycles. The van der Waals surface area contributed by atoms with E-state index in [1.54, 1.807) is 37.6 Å². The minimum Gasteiger partial charge on any atom is -0.508 e. The molecule has 0 aliphatic heterocycles. The summed E-state index contributed by atoms with van der Waals surface area (Å²) in [5.41, 5.74) is 2.61. The van der Waals surface area contributed by atoms with Crippen molar-refractivity contribution in [3.63, 3.8) is 0 Å². The van der Waals surface area contributed by atoms with Crippen molar-refractivity contribution in [2.45, 2.75) is 0 Å². The van der Waals surface area contributed by atoms with Gasteiger partial charge in [-0.25, -0.2) is 9.97 Å². The largest absolute Gasteiger partial charge is 0.508 e. The van der Waals surface area contributed by atoms with Crippen LogP contribution in [0.5, 0.6) is 11.5 Å². The molecule has 0 fully saturated rings. The fraction of sp³-hybridized carbons (Fsp3) is 0.0588. The van der Waals surface area contributed by atoms with Crippen LogP contribution in [-0.4, -0.2) is 22.2 Å². The molecule has 22 heavy (non-hydrogen) atoms. The van der Waals surface area contributed by atoms with Crippen LogP contribution in [0.2, 0.25) is 0 Å². The molecule has 2 N–H and O–H groups in total. The van der Waals surface area contributed by atoms with Gasteiger partial charge in [0.2, 0.25) is 5.95 Å². The first-order valence-corrected chi connectivity index (χ1v) is 6.78. The first-order valence-electron chi connectivity index (χ1n) is 6.78. The minimum atomic E-state index is 0.221. The van der Waals surface area contributed by atoms with E-state index in [1.807, 2.05) is 30.3 Å². The number of nitrogens with one attached hydrogen (secondary N) is 1. The fourth-order valence-electron chi connectivity index (χ4n) is 2.02. The second-order valence-corrected chi connectivity index (χ2v) is 4.67. The molecule has 3 aromatic rings. The van der Waals surface area contributed by atoms with E-state index in [-0.39, 0.29) is 5.75 Å². The number of rotatable bonds is 4. The van der Waals surface area contributed by atoms with E-state index in [9.17, 15) is 5.11 Å². The van der Waals surface area contributed by atoms with E-state index >= 15 is 0 Å². The number of anilines is 2. The molecule has 0 radical (unpaired) electrons. The molecule has 0 aliphatic rings. The van der Waals surface area contributed by atoms with Crippen LogP contribution >= 0.6 is 0 Å². The lowest BCUT2D eigenvalue weighted by molar-refractivity contribution is 0.415. The van der Waals surface area contributed by atoms with Gasteiger partial charge in [-0.3, -0.25) is 0 Å². The lowest BCUT2D eigenvalue weighted by Crippen LogP contribution is -1.97. The molecule has 0 saturated carbocycles. The van der Waals surface area contributed by atoms with Crippen molar-refractivity contribution in [2.24, 2.45) is 0 Å². The van der Waals surface area contributed by atoms with Gasteiger partial charge in [0, 0.05) is 17.4 Å². The highest BCUT2D eigenvalue weighted by molar-refractivity contribution is 5.62. The van der Waals surface area contributed by atoms with Crippen LogP contribution in [0, 0.1) is 0 Å². The minimum absolute atomic E-state index is 0.221. The first-order chi connectivity index (χ1) is 10.7. The van der Waals surface area contributed by atoms with Crippen LogP contribution in [0.4, 0.5) is 11.6 Å². The van der Waals surface area contributed by atoms with E-state index in [2.05, 4.69) is 15.3 Å². The van der Waals surface area contributed by atoms with Crippen molar-refractivity contribution in [2.75, 3.05) is 12.4 Å². The van der Waals surface area contributed by atoms with E-state index in [4.69, 9.17) is 4.74 Å². The zero-order valence-corrected chi connectivity index (χ0v) is 12.0. The Kier molecular flexibility index (Phi) is 3.87. The Labute approximate surface area is 128 Å². The van der Waals surface area contributed by atoms with E-state index in [0.29, 0.717) is 5.95 Å². The summed E-state index contributed by atoms with van der Waals surface area (Å²) in [4.78, 5) is 8.70. The molecular weight excluding hydrogens is 278 g/mol. The molecule has 1 aromatic heterocycles. The quantitative estimate of drug-likeness (QED) is 0.719. The summed E-state index contributed by atoms with van der Waals surface area (Å²) in [5.74, 6) is 1.53. The van der Waals surface area contributed by atoms with Gasteiger partial charge >= 0.3 is 0 Å². The fourth-order valence-corrected chi connectivity index (χ4v) is 2.02. The third kappa shape index (κ3) is 3.15. The molecule has 0 atom stereocenters. The summed E-state index contributed by atoms with van der Waals surface area (Å²) in [7, 11) is 1.64. The van der Waals surface area contributed by atoms with Crippen molar-refractivity contribution in [1.82, 2.24) is 9.97 Å². The van der Waals surface area contributed by atoms with Crippen LogP contribution in [0.3, 0.4) is 0 Å². The second-order valence-electron chi connectivity index (χ2n) is 4.67. The second kappa shape index (κ2) is 6.13. The van der Waals surface area contributed by atoms with E-state index in [1.165, 1.54) is 0 Å². The molecule has 3 rings (SSSR count). The number of nitrogens with zero attached hydrogens (tertiary/aromatic N) is 2. The number of aromatic hydroxyl groups is 1. The zero-order chi connectivity index (χ0) is 15.4. The van der Waals surface area contributed by atoms with Gasteiger partial charge in [0.05, 0.1) is 12.8 Å². The molecule has 0 saturated heterocycles. The van der Waals surface area contributed by atoms with Crippen LogP contribution in [-0.2, 0) is 0 Å². The maximum atomic E-state index is 9.29. The predicted octanol–water partition coefficient (Wildman–Crippen LogP) is 3.60.